The summed E-state index contributed by atoms with van der Waals surface area (Å²) in [5.74, 6) is 1.19. The SMILES string of the molecule is CCCCCOc1ccc(N=Nc2ncc(-c3ccccc3)cn2)cc1. The highest BCUT2D eigenvalue weighted by Gasteiger charge is 2.00. The minimum absolute atomic E-state index is 0.338. The van der Waals surface area contributed by atoms with E-state index in [1.54, 1.807) is 12.4 Å². The lowest BCUT2D eigenvalue weighted by Crippen LogP contribution is -1.96. The van der Waals surface area contributed by atoms with Crippen LogP contribution in [0.1, 0.15) is 26.2 Å². The third kappa shape index (κ3) is 5.21. The second-order valence-electron chi connectivity index (χ2n) is 5.89. The Hall–Kier alpha value is -3.08. The van der Waals surface area contributed by atoms with E-state index in [-0.39, 0.29) is 0 Å². The molecule has 0 aliphatic rings. The van der Waals surface area contributed by atoms with E-state index in [0.29, 0.717) is 5.95 Å². The van der Waals surface area contributed by atoms with Crippen LogP contribution in [-0.4, -0.2) is 16.6 Å². The summed E-state index contributed by atoms with van der Waals surface area (Å²) < 4.78 is 5.68. The first-order valence-corrected chi connectivity index (χ1v) is 8.87. The predicted molar refractivity (Wildman–Crippen MR) is 103 cm³/mol. The Labute approximate surface area is 153 Å². The summed E-state index contributed by atoms with van der Waals surface area (Å²) in [4.78, 5) is 8.50. The van der Waals surface area contributed by atoms with Crippen molar-refractivity contribution in [2.45, 2.75) is 26.2 Å². The summed E-state index contributed by atoms with van der Waals surface area (Å²) in [6.45, 7) is 2.93. The van der Waals surface area contributed by atoms with Gasteiger partial charge >= 0.3 is 0 Å². The number of nitrogens with zero attached hydrogens (tertiary/aromatic N) is 4. The number of rotatable bonds is 8. The molecule has 0 bridgehead atoms. The zero-order valence-corrected chi connectivity index (χ0v) is 14.9. The fraction of sp³-hybridized carbons (Fsp3) is 0.238. The van der Waals surface area contributed by atoms with Gasteiger partial charge in [0.15, 0.2) is 0 Å². The Bertz CT molecular complexity index is 815. The first kappa shape index (κ1) is 17.7. The van der Waals surface area contributed by atoms with Crippen LogP contribution in [0.5, 0.6) is 5.75 Å². The number of ether oxygens (including phenoxy) is 1. The number of hydrogen-bond acceptors (Lipinski definition) is 5. The molecule has 0 aliphatic carbocycles. The van der Waals surface area contributed by atoms with E-state index in [1.165, 1.54) is 12.8 Å². The van der Waals surface area contributed by atoms with Crippen LogP contribution in [0.3, 0.4) is 0 Å². The van der Waals surface area contributed by atoms with Gasteiger partial charge in [0.05, 0.1) is 12.3 Å². The molecule has 132 valence electrons. The molecule has 1 aromatic heterocycles. The molecular weight excluding hydrogens is 324 g/mol. The Balaban J connectivity index is 1.57. The van der Waals surface area contributed by atoms with Crippen molar-refractivity contribution in [1.29, 1.82) is 0 Å². The number of aromatic nitrogens is 2. The zero-order valence-electron chi connectivity index (χ0n) is 14.9. The van der Waals surface area contributed by atoms with Crippen molar-refractivity contribution in [3.05, 3.63) is 67.0 Å². The van der Waals surface area contributed by atoms with Crippen LogP contribution in [0, 0.1) is 0 Å². The van der Waals surface area contributed by atoms with Crippen LogP contribution in [0.2, 0.25) is 0 Å². The van der Waals surface area contributed by atoms with E-state index in [9.17, 15) is 0 Å². The second kappa shape index (κ2) is 9.42. The lowest BCUT2D eigenvalue weighted by atomic mass is 10.1. The number of benzene rings is 2. The molecule has 0 aliphatic heterocycles. The second-order valence-corrected chi connectivity index (χ2v) is 5.89. The van der Waals surface area contributed by atoms with Gasteiger partial charge in [-0.15, -0.1) is 10.2 Å². The molecule has 0 N–H and O–H groups in total. The standard InChI is InChI=1S/C21H22N4O/c1-2-3-7-14-26-20-12-10-19(11-13-20)24-25-21-22-15-18(16-23-21)17-8-5-4-6-9-17/h4-6,8-13,15-16H,2-3,7,14H2,1H3. The molecular formula is C21H22N4O. The summed E-state index contributed by atoms with van der Waals surface area (Å²) in [6, 6.07) is 17.5. The summed E-state index contributed by atoms with van der Waals surface area (Å²) in [5, 5.41) is 8.26. The molecule has 2 aromatic carbocycles. The molecule has 26 heavy (non-hydrogen) atoms. The molecule has 1 heterocycles. The highest BCUT2D eigenvalue weighted by molar-refractivity contribution is 5.61. The van der Waals surface area contributed by atoms with Crippen LogP contribution in [0.25, 0.3) is 11.1 Å². The lowest BCUT2D eigenvalue weighted by Gasteiger charge is -2.05. The summed E-state index contributed by atoms with van der Waals surface area (Å²) >= 11 is 0. The zero-order chi connectivity index (χ0) is 18.0. The fourth-order valence-electron chi connectivity index (χ4n) is 2.41. The van der Waals surface area contributed by atoms with E-state index >= 15 is 0 Å². The minimum atomic E-state index is 0.338. The van der Waals surface area contributed by atoms with E-state index in [1.807, 2.05) is 54.6 Å². The molecule has 0 spiro atoms. The fourth-order valence-corrected chi connectivity index (χ4v) is 2.41. The Morgan fingerprint density at radius 1 is 0.808 bits per heavy atom. The van der Waals surface area contributed by atoms with Gasteiger partial charge in [0, 0.05) is 18.0 Å². The van der Waals surface area contributed by atoms with Gasteiger partial charge in [-0.3, -0.25) is 0 Å². The van der Waals surface area contributed by atoms with Gasteiger partial charge in [0.2, 0.25) is 0 Å². The highest BCUT2D eigenvalue weighted by Crippen LogP contribution is 2.21. The van der Waals surface area contributed by atoms with E-state index in [0.717, 1.165) is 35.6 Å². The molecule has 3 rings (SSSR count). The maximum Gasteiger partial charge on any atom is 0.268 e. The molecule has 0 unspecified atom stereocenters. The molecule has 5 heteroatoms. The summed E-state index contributed by atoms with van der Waals surface area (Å²) in [5.41, 5.74) is 2.77. The molecule has 0 saturated carbocycles. The van der Waals surface area contributed by atoms with Crippen molar-refractivity contribution in [3.8, 4) is 16.9 Å². The minimum Gasteiger partial charge on any atom is -0.494 e. The van der Waals surface area contributed by atoms with Crippen LogP contribution in [0.15, 0.2) is 77.2 Å². The third-order valence-electron chi connectivity index (χ3n) is 3.85. The summed E-state index contributed by atoms with van der Waals surface area (Å²) in [6.07, 6.45) is 6.97. The van der Waals surface area contributed by atoms with Gasteiger partial charge < -0.3 is 4.74 Å². The van der Waals surface area contributed by atoms with Gasteiger partial charge in [-0.2, -0.15) is 0 Å². The highest BCUT2D eigenvalue weighted by atomic mass is 16.5. The van der Waals surface area contributed by atoms with Gasteiger partial charge in [-0.05, 0) is 36.2 Å². The number of azo groups is 1. The first-order chi connectivity index (χ1) is 12.8. The first-order valence-electron chi connectivity index (χ1n) is 8.87. The average Bonchev–Trinajstić information content (AvgIpc) is 2.72. The Kier molecular flexibility index (Phi) is 6.42. The van der Waals surface area contributed by atoms with E-state index in [2.05, 4.69) is 27.1 Å². The van der Waals surface area contributed by atoms with Gasteiger partial charge in [0.25, 0.3) is 5.95 Å². The quantitative estimate of drug-likeness (QED) is 0.364. The van der Waals surface area contributed by atoms with Gasteiger partial charge in [-0.1, -0.05) is 50.1 Å². The van der Waals surface area contributed by atoms with Crippen molar-refractivity contribution in [2.24, 2.45) is 10.2 Å². The lowest BCUT2D eigenvalue weighted by molar-refractivity contribution is 0.306. The van der Waals surface area contributed by atoms with Gasteiger partial charge in [0.1, 0.15) is 5.75 Å². The Morgan fingerprint density at radius 3 is 2.23 bits per heavy atom. The normalized spacial score (nSPS) is 11.0. The molecule has 0 fully saturated rings. The van der Waals surface area contributed by atoms with Crippen molar-refractivity contribution >= 4 is 11.6 Å². The molecule has 3 aromatic rings. The van der Waals surface area contributed by atoms with Crippen LogP contribution in [0.4, 0.5) is 11.6 Å². The number of unbranched alkanes of at least 4 members (excludes halogenated alkanes) is 2. The third-order valence-corrected chi connectivity index (χ3v) is 3.85. The molecule has 0 amide bonds. The largest absolute Gasteiger partial charge is 0.494 e. The van der Waals surface area contributed by atoms with Crippen molar-refractivity contribution in [3.63, 3.8) is 0 Å². The van der Waals surface area contributed by atoms with Crippen LogP contribution < -0.4 is 4.74 Å². The monoisotopic (exact) mass is 346 g/mol. The van der Waals surface area contributed by atoms with Crippen molar-refractivity contribution in [1.82, 2.24) is 9.97 Å². The maximum atomic E-state index is 5.68. The average molecular weight is 346 g/mol. The smallest absolute Gasteiger partial charge is 0.268 e. The van der Waals surface area contributed by atoms with E-state index < -0.39 is 0 Å². The van der Waals surface area contributed by atoms with Crippen molar-refractivity contribution in [2.75, 3.05) is 6.61 Å². The maximum absolute atomic E-state index is 5.68. The van der Waals surface area contributed by atoms with Crippen LogP contribution >= 0.6 is 0 Å². The summed E-state index contributed by atoms with van der Waals surface area (Å²) in [7, 11) is 0. The van der Waals surface area contributed by atoms with Crippen molar-refractivity contribution < 1.29 is 4.74 Å². The van der Waals surface area contributed by atoms with E-state index in [4.69, 9.17) is 4.74 Å². The molecule has 5 nitrogen and oxygen atoms in total. The van der Waals surface area contributed by atoms with Crippen LogP contribution in [-0.2, 0) is 0 Å². The van der Waals surface area contributed by atoms with Gasteiger partial charge in [-0.25, -0.2) is 9.97 Å². The topological polar surface area (TPSA) is 59.7 Å². The molecule has 0 radical (unpaired) electrons. The predicted octanol–water partition coefficient (Wildman–Crippen LogP) is 6.13. The number of hydrogen-bond donors (Lipinski definition) is 0. The molecule has 0 atom stereocenters. The molecule has 0 saturated heterocycles. The Morgan fingerprint density at radius 2 is 1.54 bits per heavy atom.